The summed E-state index contributed by atoms with van der Waals surface area (Å²) in [5.74, 6) is 0.574. The van der Waals surface area contributed by atoms with Crippen LogP contribution in [-0.4, -0.2) is 19.2 Å². The molecule has 0 spiro atoms. The lowest BCUT2D eigenvalue weighted by Crippen LogP contribution is -2.19. The van der Waals surface area contributed by atoms with Crippen LogP contribution in [0.3, 0.4) is 0 Å². The van der Waals surface area contributed by atoms with Gasteiger partial charge in [-0.15, -0.1) is 0 Å². The van der Waals surface area contributed by atoms with E-state index in [0.717, 1.165) is 19.7 Å². The van der Waals surface area contributed by atoms with Crippen LogP contribution in [0, 0.1) is 0 Å². The molecular formula is C17H27NO. The predicted molar refractivity (Wildman–Crippen MR) is 80.4 cm³/mol. The molecule has 1 aliphatic carbocycles. The second kappa shape index (κ2) is 7.66. The Morgan fingerprint density at radius 1 is 1.21 bits per heavy atom. The molecule has 2 rings (SSSR count). The van der Waals surface area contributed by atoms with Crippen molar-refractivity contribution < 1.29 is 4.74 Å². The fraction of sp³-hybridized carbons (Fsp3) is 0.647. The first-order valence-corrected chi connectivity index (χ1v) is 7.70. The van der Waals surface area contributed by atoms with Crippen molar-refractivity contribution in [1.29, 1.82) is 0 Å². The maximum atomic E-state index is 5.94. The molecule has 0 aromatic heterocycles. The van der Waals surface area contributed by atoms with Crippen molar-refractivity contribution in [1.82, 2.24) is 5.32 Å². The van der Waals surface area contributed by atoms with Crippen LogP contribution in [0.1, 0.15) is 56.6 Å². The Morgan fingerprint density at radius 3 is 2.53 bits per heavy atom. The molecule has 106 valence electrons. The standard InChI is InChI=1S/C17H27NO/c1-3-18-12-14(2)16-10-8-15(9-11-16)13-19-17-6-4-5-7-17/h8-11,14,17-18H,3-7,12-13H2,1-2H3. The molecule has 0 saturated heterocycles. The molecule has 1 atom stereocenters. The Labute approximate surface area is 117 Å². The highest BCUT2D eigenvalue weighted by Gasteiger charge is 2.15. The van der Waals surface area contributed by atoms with Crippen LogP contribution in [0.15, 0.2) is 24.3 Å². The number of benzene rings is 1. The maximum Gasteiger partial charge on any atom is 0.0720 e. The van der Waals surface area contributed by atoms with Crippen molar-refractivity contribution in [3.05, 3.63) is 35.4 Å². The van der Waals surface area contributed by atoms with Crippen LogP contribution in [0.5, 0.6) is 0 Å². The molecule has 2 heteroatoms. The Balaban J connectivity index is 1.80. The van der Waals surface area contributed by atoms with Crippen LogP contribution in [0.25, 0.3) is 0 Å². The van der Waals surface area contributed by atoms with Crippen molar-refractivity contribution in [2.45, 2.75) is 58.2 Å². The van der Waals surface area contributed by atoms with Crippen LogP contribution in [0.2, 0.25) is 0 Å². The van der Waals surface area contributed by atoms with Gasteiger partial charge in [0.15, 0.2) is 0 Å². The van der Waals surface area contributed by atoms with Gasteiger partial charge in [0, 0.05) is 6.54 Å². The van der Waals surface area contributed by atoms with Crippen LogP contribution in [0.4, 0.5) is 0 Å². The third-order valence-electron chi connectivity index (χ3n) is 4.04. The fourth-order valence-electron chi connectivity index (χ4n) is 2.69. The molecule has 1 aliphatic rings. The molecule has 1 fully saturated rings. The van der Waals surface area contributed by atoms with Crippen LogP contribution < -0.4 is 5.32 Å². The number of hydrogen-bond acceptors (Lipinski definition) is 2. The van der Waals surface area contributed by atoms with Crippen molar-refractivity contribution in [3.63, 3.8) is 0 Å². The normalized spacial score (nSPS) is 17.8. The van der Waals surface area contributed by atoms with Gasteiger partial charge >= 0.3 is 0 Å². The van der Waals surface area contributed by atoms with E-state index in [1.165, 1.54) is 36.8 Å². The predicted octanol–water partition coefficient (Wildman–Crippen LogP) is 3.86. The maximum absolute atomic E-state index is 5.94. The Kier molecular flexibility index (Phi) is 5.87. The van der Waals surface area contributed by atoms with E-state index in [9.17, 15) is 0 Å². The van der Waals surface area contributed by atoms with Gasteiger partial charge in [0.25, 0.3) is 0 Å². The summed E-state index contributed by atoms with van der Waals surface area (Å²) in [7, 11) is 0. The molecule has 0 heterocycles. The molecule has 0 aliphatic heterocycles. The lowest BCUT2D eigenvalue weighted by molar-refractivity contribution is 0.0457. The van der Waals surface area contributed by atoms with Crippen LogP contribution >= 0.6 is 0 Å². The smallest absolute Gasteiger partial charge is 0.0720 e. The van der Waals surface area contributed by atoms with Crippen LogP contribution in [-0.2, 0) is 11.3 Å². The van der Waals surface area contributed by atoms with E-state index >= 15 is 0 Å². The number of ether oxygens (including phenoxy) is 1. The third-order valence-corrected chi connectivity index (χ3v) is 4.04. The average molecular weight is 261 g/mol. The van der Waals surface area contributed by atoms with Gasteiger partial charge in [0.05, 0.1) is 12.7 Å². The second-order valence-electron chi connectivity index (χ2n) is 5.67. The molecule has 0 amide bonds. The van der Waals surface area contributed by atoms with E-state index in [1.807, 2.05) is 0 Å². The zero-order valence-electron chi connectivity index (χ0n) is 12.3. The minimum Gasteiger partial charge on any atom is -0.374 e. The molecule has 1 aromatic rings. The minimum absolute atomic E-state index is 0.507. The summed E-state index contributed by atoms with van der Waals surface area (Å²) < 4.78 is 5.94. The van der Waals surface area contributed by atoms with Gasteiger partial charge in [-0.2, -0.15) is 0 Å². The summed E-state index contributed by atoms with van der Waals surface area (Å²) in [6.07, 6.45) is 5.68. The summed E-state index contributed by atoms with van der Waals surface area (Å²) in [5.41, 5.74) is 2.71. The van der Waals surface area contributed by atoms with Gasteiger partial charge in [0.1, 0.15) is 0 Å². The summed E-state index contributed by atoms with van der Waals surface area (Å²) in [6, 6.07) is 8.92. The Bertz CT molecular complexity index is 354. The minimum atomic E-state index is 0.507. The second-order valence-corrected chi connectivity index (χ2v) is 5.67. The zero-order chi connectivity index (χ0) is 13.5. The molecule has 1 N–H and O–H groups in total. The number of rotatable bonds is 7. The molecule has 1 aromatic carbocycles. The van der Waals surface area contributed by atoms with E-state index in [0.29, 0.717) is 12.0 Å². The van der Waals surface area contributed by atoms with E-state index in [1.54, 1.807) is 0 Å². The average Bonchev–Trinajstić information content (AvgIpc) is 2.96. The van der Waals surface area contributed by atoms with E-state index in [-0.39, 0.29) is 0 Å². The molecule has 0 bridgehead atoms. The highest BCUT2D eigenvalue weighted by atomic mass is 16.5. The van der Waals surface area contributed by atoms with Crippen molar-refractivity contribution in [2.75, 3.05) is 13.1 Å². The number of nitrogens with one attached hydrogen (secondary N) is 1. The lowest BCUT2D eigenvalue weighted by Gasteiger charge is -2.14. The number of likely N-dealkylation sites (N-methyl/N-ethyl adjacent to an activating group) is 1. The van der Waals surface area contributed by atoms with Gasteiger partial charge in [-0.25, -0.2) is 0 Å². The SMILES string of the molecule is CCNCC(C)c1ccc(COC2CCCC2)cc1. The summed E-state index contributed by atoms with van der Waals surface area (Å²) >= 11 is 0. The van der Waals surface area contributed by atoms with Crippen molar-refractivity contribution >= 4 is 0 Å². The monoisotopic (exact) mass is 261 g/mol. The highest BCUT2D eigenvalue weighted by molar-refractivity contribution is 5.24. The Hall–Kier alpha value is -0.860. The lowest BCUT2D eigenvalue weighted by atomic mass is 10.00. The first-order valence-electron chi connectivity index (χ1n) is 7.70. The fourth-order valence-corrected chi connectivity index (χ4v) is 2.69. The van der Waals surface area contributed by atoms with Gasteiger partial charge in [-0.1, -0.05) is 51.0 Å². The summed E-state index contributed by atoms with van der Waals surface area (Å²) in [5, 5.41) is 3.40. The molecular weight excluding hydrogens is 234 g/mol. The molecule has 19 heavy (non-hydrogen) atoms. The highest BCUT2D eigenvalue weighted by Crippen LogP contribution is 2.22. The molecule has 1 saturated carbocycles. The van der Waals surface area contributed by atoms with E-state index in [4.69, 9.17) is 4.74 Å². The quantitative estimate of drug-likeness (QED) is 0.804. The van der Waals surface area contributed by atoms with Gasteiger partial charge in [0.2, 0.25) is 0 Å². The van der Waals surface area contributed by atoms with Crippen molar-refractivity contribution in [2.24, 2.45) is 0 Å². The summed E-state index contributed by atoms with van der Waals surface area (Å²) in [6.45, 7) is 7.28. The zero-order valence-corrected chi connectivity index (χ0v) is 12.3. The van der Waals surface area contributed by atoms with Gasteiger partial charge in [-0.3, -0.25) is 0 Å². The van der Waals surface area contributed by atoms with Gasteiger partial charge in [-0.05, 0) is 36.4 Å². The molecule has 2 nitrogen and oxygen atoms in total. The first-order chi connectivity index (χ1) is 9.29. The summed E-state index contributed by atoms with van der Waals surface area (Å²) in [4.78, 5) is 0. The van der Waals surface area contributed by atoms with E-state index < -0.39 is 0 Å². The molecule has 0 radical (unpaired) electrons. The largest absolute Gasteiger partial charge is 0.374 e. The van der Waals surface area contributed by atoms with Gasteiger partial charge < -0.3 is 10.1 Å². The first kappa shape index (κ1) is 14.5. The third kappa shape index (κ3) is 4.63. The van der Waals surface area contributed by atoms with E-state index in [2.05, 4.69) is 43.4 Å². The number of hydrogen-bond donors (Lipinski definition) is 1. The topological polar surface area (TPSA) is 21.3 Å². The molecule has 1 unspecified atom stereocenters. The Morgan fingerprint density at radius 2 is 1.89 bits per heavy atom. The van der Waals surface area contributed by atoms with Crippen molar-refractivity contribution in [3.8, 4) is 0 Å².